The Bertz CT molecular complexity index is 1530. The molecule has 1 aromatic carbocycles. The smallest absolute Gasteiger partial charge is 0.270 e. The van der Waals surface area contributed by atoms with E-state index in [-0.39, 0.29) is 24.2 Å². The fourth-order valence-electron chi connectivity index (χ4n) is 4.78. The first-order valence-corrected chi connectivity index (χ1v) is 12.7. The van der Waals surface area contributed by atoms with E-state index in [1.165, 1.54) is 25.3 Å². The van der Waals surface area contributed by atoms with Crippen LogP contribution in [0.15, 0.2) is 48.8 Å². The molecule has 0 radical (unpaired) electrons. The quantitative estimate of drug-likeness (QED) is 0.288. The molecule has 10 nitrogen and oxygen atoms in total. The van der Waals surface area contributed by atoms with Crippen molar-refractivity contribution >= 4 is 28.7 Å². The van der Waals surface area contributed by atoms with Crippen LogP contribution in [-0.2, 0) is 16.9 Å². The molecule has 0 aliphatic carbocycles. The van der Waals surface area contributed by atoms with E-state index in [1.54, 1.807) is 38.2 Å². The largest absolute Gasteiger partial charge is 0.386 e. The molecule has 4 N–H and O–H groups in total. The fourth-order valence-corrected chi connectivity index (χ4v) is 4.78. The number of aliphatic hydroxyl groups is 1. The Balaban J connectivity index is 1.33. The van der Waals surface area contributed by atoms with Crippen molar-refractivity contribution in [3.8, 4) is 11.1 Å². The average Bonchev–Trinajstić information content (AvgIpc) is 3.53. The Hall–Kier alpha value is -4.38. The van der Waals surface area contributed by atoms with Gasteiger partial charge in [-0.15, -0.1) is 0 Å². The Morgan fingerprint density at radius 2 is 2.03 bits per heavy atom. The highest BCUT2D eigenvalue weighted by Crippen LogP contribution is 2.35. The number of aromatic amines is 1. The number of halogens is 1. The summed E-state index contributed by atoms with van der Waals surface area (Å²) in [7, 11) is 0. The van der Waals surface area contributed by atoms with Gasteiger partial charge in [0.2, 0.25) is 5.91 Å². The van der Waals surface area contributed by atoms with Gasteiger partial charge in [-0.25, -0.2) is 9.37 Å². The zero-order valence-electron chi connectivity index (χ0n) is 22.0. The van der Waals surface area contributed by atoms with Gasteiger partial charge in [-0.1, -0.05) is 18.2 Å². The number of carbonyl (C=O) groups is 2. The van der Waals surface area contributed by atoms with Crippen molar-refractivity contribution in [1.29, 1.82) is 0 Å². The summed E-state index contributed by atoms with van der Waals surface area (Å²) >= 11 is 0. The number of amides is 2. The molecule has 1 aliphatic rings. The Kier molecular flexibility index (Phi) is 7.00. The molecule has 0 saturated carbocycles. The zero-order chi connectivity index (χ0) is 27.7. The highest BCUT2D eigenvalue weighted by atomic mass is 19.1. The number of fused-ring (bicyclic) bond motifs is 1. The number of hydrogen-bond donors (Lipinski definition) is 4. The van der Waals surface area contributed by atoms with E-state index in [0.29, 0.717) is 34.7 Å². The highest BCUT2D eigenvalue weighted by Gasteiger charge is 2.27. The first kappa shape index (κ1) is 26.2. The fraction of sp³-hybridized carbons (Fsp3) is 0.321. The van der Waals surface area contributed by atoms with E-state index in [0.717, 1.165) is 23.9 Å². The van der Waals surface area contributed by atoms with E-state index in [2.05, 4.69) is 35.7 Å². The number of aromatic nitrogens is 4. The van der Waals surface area contributed by atoms with Crippen molar-refractivity contribution in [1.82, 2.24) is 30.8 Å². The molecule has 11 heteroatoms. The van der Waals surface area contributed by atoms with Crippen LogP contribution >= 0.6 is 0 Å². The predicted molar refractivity (Wildman–Crippen MR) is 144 cm³/mol. The van der Waals surface area contributed by atoms with Crippen LogP contribution in [0.5, 0.6) is 0 Å². The highest BCUT2D eigenvalue weighted by molar-refractivity contribution is 6.00. The summed E-state index contributed by atoms with van der Waals surface area (Å²) in [6.07, 6.45) is 3.90. The minimum Gasteiger partial charge on any atom is -0.386 e. The van der Waals surface area contributed by atoms with Crippen LogP contribution in [-0.4, -0.2) is 56.2 Å². The number of anilines is 1. The number of hydrogen-bond acceptors (Lipinski definition) is 7. The van der Waals surface area contributed by atoms with E-state index < -0.39 is 17.3 Å². The second-order valence-corrected chi connectivity index (χ2v) is 10.2. The molecule has 1 atom stereocenters. The van der Waals surface area contributed by atoms with Gasteiger partial charge in [-0.05, 0) is 49.6 Å². The van der Waals surface area contributed by atoms with Gasteiger partial charge in [-0.3, -0.25) is 19.7 Å². The number of pyridine rings is 2. The summed E-state index contributed by atoms with van der Waals surface area (Å²) in [6, 6.07) is 9.91. The Labute approximate surface area is 224 Å². The maximum absolute atomic E-state index is 15.2. The zero-order valence-corrected chi connectivity index (χ0v) is 22.0. The van der Waals surface area contributed by atoms with Gasteiger partial charge in [0.1, 0.15) is 11.5 Å². The molecule has 2 amide bonds. The lowest BCUT2D eigenvalue weighted by atomic mass is 10.0. The summed E-state index contributed by atoms with van der Waals surface area (Å²) in [5, 5.41) is 23.9. The number of benzene rings is 1. The number of H-pyrrole nitrogens is 1. The van der Waals surface area contributed by atoms with Crippen molar-refractivity contribution in [3.63, 3.8) is 0 Å². The average molecular weight is 532 g/mol. The predicted octanol–water partition coefficient (Wildman–Crippen LogP) is 3.03. The third-order valence-corrected chi connectivity index (χ3v) is 6.84. The molecular formula is C28H30FN7O3. The van der Waals surface area contributed by atoms with Gasteiger partial charge in [0.15, 0.2) is 11.5 Å². The topological polar surface area (TPSA) is 136 Å². The standard InChI is InChI=1S/C28H30FN7O3/c1-16(37)33-20-9-11-36(15-20)26-24-21(8-10-30-25(24)34-35-26)17-4-5-18(22(29)12-17)13-32-27(38)23-7-6-19(14-31-23)28(2,3)39/h4-8,10,12,14,20,39H,9,11,13,15H2,1-3H3,(H,32,38)(H,33,37)(H,30,34,35). The van der Waals surface area contributed by atoms with Gasteiger partial charge in [-0.2, -0.15) is 5.10 Å². The number of nitrogens with zero attached hydrogens (tertiary/aromatic N) is 4. The minimum atomic E-state index is -1.06. The van der Waals surface area contributed by atoms with Crippen molar-refractivity contribution < 1.29 is 19.1 Å². The lowest BCUT2D eigenvalue weighted by Gasteiger charge is -2.17. The maximum Gasteiger partial charge on any atom is 0.270 e. The number of rotatable bonds is 7. The van der Waals surface area contributed by atoms with Crippen LogP contribution in [0.25, 0.3) is 22.2 Å². The third-order valence-electron chi connectivity index (χ3n) is 6.84. The summed E-state index contributed by atoms with van der Waals surface area (Å²) < 4.78 is 15.2. The van der Waals surface area contributed by atoms with Gasteiger partial charge < -0.3 is 20.6 Å². The van der Waals surface area contributed by atoms with Crippen LogP contribution in [0.2, 0.25) is 0 Å². The minimum absolute atomic E-state index is 0.0130. The van der Waals surface area contributed by atoms with Gasteiger partial charge in [0.05, 0.1) is 11.0 Å². The third kappa shape index (κ3) is 5.58. The van der Waals surface area contributed by atoms with Gasteiger partial charge >= 0.3 is 0 Å². The first-order valence-electron chi connectivity index (χ1n) is 12.7. The second-order valence-electron chi connectivity index (χ2n) is 10.2. The van der Waals surface area contributed by atoms with E-state index in [9.17, 15) is 14.7 Å². The molecule has 1 aliphatic heterocycles. The van der Waals surface area contributed by atoms with Crippen molar-refractivity contribution in [2.45, 2.75) is 45.4 Å². The van der Waals surface area contributed by atoms with Gasteiger partial charge in [0.25, 0.3) is 5.91 Å². The molecule has 1 saturated heterocycles. The summed E-state index contributed by atoms with van der Waals surface area (Å²) in [6.45, 7) is 6.11. The SMILES string of the molecule is CC(=O)NC1CCN(c2n[nH]c3nccc(-c4ccc(CNC(=O)c5ccc(C(C)(C)O)cn5)c(F)c4)c23)C1. The number of carbonyl (C=O) groups excluding carboxylic acids is 2. The van der Waals surface area contributed by atoms with Crippen LogP contribution in [0.1, 0.15) is 48.8 Å². The van der Waals surface area contributed by atoms with E-state index >= 15 is 4.39 Å². The Morgan fingerprint density at radius 3 is 2.72 bits per heavy atom. The monoisotopic (exact) mass is 531 g/mol. The molecule has 39 heavy (non-hydrogen) atoms. The molecule has 1 fully saturated rings. The summed E-state index contributed by atoms with van der Waals surface area (Å²) in [5.41, 5.74) is 2.05. The lowest BCUT2D eigenvalue weighted by molar-refractivity contribution is -0.119. The number of nitrogens with one attached hydrogen (secondary N) is 3. The van der Waals surface area contributed by atoms with Crippen molar-refractivity contribution in [3.05, 3.63) is 71.4 Å². The Morgan fingerprint density at radius 1 is 1.21 bits per heavy atom. The molecule has 202 valence electrons. The molecule has 0 spiro atoms. The second kappa shape index (κ2) is 10.4. The molecular weight excluding hydrogens is 501 g/mol. The van der Waals surface area contributed by atoms with Crippen LogP contribution in [0, 0.1) is 5.82 Å². The van der Waals surface area contributed by atoms with Crippen LogP contribution in [0.3, 0.4) is 0 Å². The van der Waals surface area contributed by atoms with Crippen molar-refractivity contribution in [2.75, 3.05) is 18.0 Å². The van der Waals surface area contributed by atoms with Crippen LogP contribution in [0.4, 0.5) is 10.2 Å². The van der Waals surface area contributed by atoms with Gasteiger partial charge in [0, 0.05) is 56.1 Å². The molecule has 0 bridgehead atoms. The van der Waals surface area contributed by atoms with E-state index in [1.807, 2.05) is 6.07 Å². The van der Waals surface area contributed by atoms with Crippen LogP contribution < -0.4 is 15.5 Å². The summed E-state index contributed by atoms with van der Waals surface area (Å²) in [5.74, 6) is -0.258. The first-order chi connectivity index (χ1) is 18.6. The molecule has 5 rings (SSSR count). The molecule has 4 heterocycles. The molecule has 1 unspecified atom stereocenters. The summed E-state index contributed by atoms with van der Waals surface area (Å²) in [4.78, 5) is 34.6. The lowest BCUT2D eigenvalue weighted by Crippen LogP contribution is -2.35. The normalized spacial score (nSPS) is 15.5. The van der Waals surface area contributed by atoms with Crippen molar-refractivity contribution in [2.24, 2.45) is 0 Å². The molecule has 4 aromatic rings. The molecule has 3 aromatic heterocycles. The van der Waals surface area contributed by atoms with E-state index in [4.69, 9.17) is 0 Å². The maximum atomic E-state index is 15.2.